The number of aromatic nitrogens is 2. The third-order valence-electron chi connectivity index (χ3n) is 4.00. The van der Waals surface area contributed by atoms with E-state index in [4.69, 9.17) is 17.0 Å². The number of imidazole rings is 1. The summed E-state index contributed by atoms with van der Waals surface area (Å²) in [6.07, 6.45) is -4.50. The lowest BCUT2D eigenvalue weighted by molar-refractivity contribution is -0.137. The quantitative estimate of drug-likeness (QED) is 0.698. The average Bonchev–Trinajstić information content (AvgIpc) is 2.79. The summed E-state index contributed by atoms with van der Waals surface area (Å²) in [5.74, 6) is -0.319. The van der Waals surface area contributed by atoms with Crippen molar-refractivity contribution in [1.82, 2.24) is 9.13 Å². The van der Waals surface area contributed by atoms with Crippen molar-refractivity contribution in [3.05, 3.63) is 64.2 Å². The molecule has 1 aromatic heterocycles. The number of carbonyl (C=O) groups excluding carboxylic acids is 1. The highest BCUT2D eigenvalue weighted by atomic mass is 35.5. The number of hydrogen-bond donors (Lipinski definition) is 1. The monoisotopic (exact) mass is 367 g/mol. The molecule has 25 heavy (non-hydrogen) atoms. The maximum absolute atomic E-state index is 13.0. The Hall–Kier alpha value is -2.54. The van der Waals surface area contributed by atoms with E-state index in [9.17, 15) is 18.0 Å². The molecule has 0 unspecified atom stereocenters. The lowest BCUT2D eigenvalue weighted by atomic mass is 10.1. The highest BCUT2D eigenvalue weighted by Crippen LogP contribution is 2.31. The Labute approximate surface area is 145 Å². The van der Waals surface area contributed by atoms with Crippen LogP contribution in [0, 0.1) is 5.41 Å². The predicted octanol–water partition coefficient (Wildman–Crippen LogP) is 4.01. The number of Topliss-reactive ketones (excluding diaryl/α,β-unsaturated/α-hetero) is 1. The van der Waals surface area contributed by atoms with E-state index >= 15 is 0 Å². The van der Waals surface area contributed by atoms with Crippen molar-refractivity contribution in [3.8, 4) is 0 Å². The third kappa shape index (κ3) is 3.19. The van der Waals surface area contributed by atoms with Gasteiger partial charge >= 0.3 is 6.18 Å². The van der Waals surface area contributed by atoms with Crippen LogP contribution in [0.2, 0.25) is 5.02 Å². The van der Waals surface area contributed by atoms with Gasteiger partial charge in [-0.25, -0.2) is 0 Å². The van der Waals surface area contributed by atoms with Crippen LogP contribution in [0.15, 0.2) is 42.5 Å². The first-order chi connectivity index (χ1) is 11.7. The molecule has 0 saturated carbocycles. The molecule has 0 radical (unpaired) electrons. The van der Waals surface area contributed by atoms with Gasteiger partial charge in [-0.3, -0.25) is 10.2 Å². The molecular formula is C17H13ClF3N3O. The van der Waals surface area contributed by atoms with Crippen molar-refractivity contribution in [2.45, 2.75) is 12.7 Å². The van der Waals surface area contributed by atoms with E-state index in [1.807, 2.05) is 0 Å². The zero-order chi connectivity index (χ0) is 18.4. The van der Waals surface area contributed by atoms with Gasteiger partial charge in [0, 0.05) is 17.6 Å². The Kier molecular flexibility index (Phi) is 4.20. The molecule has 2 aromatic carbocycles. The van der Waals surface area contributed by atoms with Gasteiger partial charge in [0.05, 0.1) is 23.1 Å². The van der Waals surface area contributed by atoms with E-state index in [1.165, 1.54) is 15.2 Å². The summed E-state index contributed by atoms with van der Waals surface area (Å²) in [5.41, 5.74) is 0.127. The lowest BCUT2D eigenvalue weighted by Crippen LogP contribution is -2.25. The molecule has 4 nitrogen and oxygen atoms in total. The van der Waals surface area contributed by atoms with Crippen LogP contribution in [0.1, 0.15) is 15.9 Å². The van der Waals surface area contributed by atoms with Crippen molar-refractivity contribution >= 4 is 28.4 Å². The molecule has 0 fully saturated rings. The van der Waals surface area contributed by atoms with Crippen LogP contribution >= 0.6 is 11.6 Å². The minimum absolute atomic E-state index is 0.0587. The normalized spacial score (nSPS) is 11.9. The molecule has 0 spiro atoms. The highest BCUT2D eigenvalue weighted by molar-refractivity contribution is 6.30. The maximum Gasteiger partial charge on any atom is 0.416 e. The van der Waals surface area contributed by atoms with Crippen LogP contribution in [0.3, 0.4) is 0 Å². The summed E-state index contributed by atoms with van der Waals surface area (Å²) < 4.78 is 41.6. The van der Waals surface area contributed by atoms with E-state index in [1.54, 1.807) is 31.3 Å². The van der Waals surface area contributed by atoms with Gasteiger partial charge in [-0.05, 0) is 42.5 Å². The molecular weight excluding hydrogens is 355 g/mol. The van der Waals surface area contributed by atoms with Crippen molar-refractivity contribution in [2.75, 3.05) is 0 Å². The van der Waals surface area contributed by atoms with E-state index in [0.29, 0.717) is 16.1 Å². The van der Waals surface area contributed by atoms with Crippen molar-refractivity contribution in [1.29, 1.82) is 5.41 Å². The van der Waals surface area contributed by atoms with Gasteiger partial charge in [0.25, 0.3) is 0 Å². The highest BCUT2D eigenvalue weighted by Gasteiger charge is 2.31. The molecule has 1 heterocycles. The molecule has 0 aliphatic heterocycles. The van der Waals surface area contributed by atoms with Gasteiger partial charge in [0.1, 0.15) is 0 Å². The molecule has 0 bridgehead atoms. The van der Waals surface area contributed by atoms with Crippen LogP contribution in [0.25, 0.3) is 11.0 Å². The zero-order valence-corrected chi connectivity index (χ0v) is 13.8. The fourth-order valence-corrected chi connectivity index (χ4v) is 2.77. The van der Waals surface area contributed by atoms with Gasteiger partial charge in [-0.2, -0.15) is 13.2 Å². The summed E-state index contributed by atoms with van der Waals surface area (Å²) in [6.45, 7) is -0.237. The summed E-state index contributed by atoms with van der Waals surface area (Å²) in [5, 5.41) is 8.59. The number of hydrogen-bond acceptors (Lipinski definition) is 2. The van der Waals surface area contributed by atoms with E-state index in [0.717, 1.165) is 12.1 Å². The Bertz CT molecular complexity index is 1020. The Morgan fingerprint density at radius 2 is 1.76 bits per heavy atom. The maximum atomic E-state index is 13.0. The molecule has 3 rings (SSSR count). The van der Waals surface area contributed by atoms with Gasteiger partial charge in [0.15, 0.2) is 5.78 Å². The molecule has 0 saturated heterocycles. The molecule has 8 heteroatoms. The molecule has 130 valence electrons. The summed E-state index contributed by atoms with van der Waals surface area (Å²) in [7, 11) is 1.57. The lowest BCUT2D eigenvalue weighted by Gasteiger charge is -2.08. The minimum Gasteiger partial charge on any atom is -0.313 e. The van der Waals surface area contributed by atoms with Crippen molar-refractivity contribution in [3.63, 3.8) is 0 Å². The number of rotatable bonds is 3. The number of alkyl halides is 3. The second kappa shape index (κ2) is 6.07. The molecule has 3 aromatic rings. The first-order valence-corrected chi connectivity index (χ1v) is 7.66. The standard InChI is InChI=1S/C17H13ClF3N3O/c1-23-13-7-4-11(17(19,20)21)8-14(13)24(16(23)22)9-15(25)10-2-5-12(18)6-3-10/h2-8,22H,9H2,1H3. The fraction of sp³-hybridized carbons (Fsp3) is 0.176. The van der Waals surface area contributed by atoms with Crippen LogP contribution < -0.4 is 5.62 Å². The number of halogens is 4. The van der Waals surface area contributed by atoms with Gasteiger partial charge in [0.2, 0.25) is 5.62 Å². The number of ketones is 1. The fourth-order valence-electron chi connectivity index (χ4n) is 2.64. The number of benzene rings is 2. The molecule has 1 N–H and O–H groups in total. The number of fused-ring (bicyclic) bond motifs is 1. The average molecular weight is 368 g/mol. The molecule has 0 aliphatic rings. The van der Waals surface area contributed by atoms with Crippen LogP contribution in [0.4, 0.5) is 13.2 Å². The van der Waals surface area contributed by atoms with Crippen molar-refractivity contribution < 1.29 is 18.0 Å². The Morgan fingerprint density at radius 3 is 2.36 bits per heavy atom. The third-order valence-corrected chi connectivity index (χ3v) is 4.25. The predicted molar refractivity (Wildman–Crippen MR) is 87.5 cm³/mol. The second-order valence-electron chi connectivity index (χ2n) is 5.60. The SMILES string of the molecule is Cn1c(=N)n(CC(=O)c2ccc(Cl)cc2)c2cc(C(F)(F)F)ccc21. The first-order valence-electron chi connectivity index (χ1n) is 7.28. The zero-order valence-electron chi connectivity index (χ0n) is 13.1. The molecule has 0 aliphatic carbocycles. The topological polar surface area (TPSA) is 50.8 Å². The van der Waals surface area contributed by atoms with Gasteiger partial charge in [-0.1, -0.05) is 11.6 Å². The largest absolute Gasteiger partial charge is 0.416 e. The van der Waals surface area contributed by atoms with Gasteiger partial charge in [-0.15, -0.1) is 0 Å². The van der Waals surface area contributed by atoms with E-state index in [2.05, 4.69) is 0 Å². The van der Waals surface area contributed by atoms with Gasteiger partial charge < -0.3 is 9.13 Å². The van der Waals surface area contributed by atoms with Crippen molar-refractivity contribution in [2.24, 2.45) is 7.05 Å². The summed E-state index contributed by atoms with van der Waals surface area (Å²) >= 11 is 5.79. The summed E-state index contributed by atoms with van der Waals surface area (Å²) in [4.78, 5) is 12.4. The molecule has 0 amide bonds. The number of nitrogens with zero attached hydrogens (tertiary/aromatic N) is 2. The number of carbonyl (C=O) groups is 1. The Morgan fingerprint density at radius 1 is 1.12 bits per heavy atom. The van der Waals surface area contributed by atoms with E-state index < -0.39 is 11.7 Å². The van der Waals surface area contributed by atoms with Crippen LogP contribution in [0.5, 0.6) is 0 Å². The smallest absolute Gasteiger partial charge is 0.313 e. The van der Waals surface area contributed by atoms with Crippen LogP contribution in [-0.2, 0) is 19.8 Å². The van der Waals surface area contributed by atoms with Crippen LogP contribution in [-0.4, -0.2) is 14.9 Å². The number of aryl methyl sites for hydroxylation is 1. The Balaban J connectivity index is 2.08. The van der Waals surface area contributed by atoms with E-state index in [-0.39, 0.29) is 23.5 Å². The second-order valence-corrected chi connectivity index (χ2v) is 6.04. The minimum atomic E-state index is -4.50. The number of nitrogens with one attached hydrogen (secondary N) is 1. The summed E-state index contributed by atoms with van der Waals surface area (Å²) in [6, 6.07) is 9.44. The first kappa shape index (κ1) is 17.3. The molecule has 0 atom stereocenters.